The van der Waals surface area contributed by atoms with Crippen LogP contribution in [0.4, 0.5) is 0 Å². The first-order valence-corrected chi connectivity index (χ1v) is 4.40. The lowest BCUT2D eigenvalue weighted by molar-refractivity contribution is -0.141. The maximum absolute atomic E-state index is 10.4. The lowest BCUT2D eigenvalue weighted by Crippen LogP contribution is -2.17. The van der Waals surface area contributed by atoms with E-state index in [1.807, 2.05) is 0 Å². The van der Waals surface area contributed by atoms with Crippen molar-refractivity contribution in [1.29, 1.82) is 0 Å². The zero-order valence-electron chi connectivity index (χ0n) is 6.13. The number of carbonyl (C=O) groups excluding carboxylic acids is 1. The Labute approximate surface area is 65.3 Å². The highest BCUT2D eigenvalue weighted by atomic mass is 32.2. The SMILES string of the molecule is CCSCCOC(=O)CN. The quantitative estimate of drug-likeness (QED) is 0.466. The lowest BCUT2D eigenvalue weighted by atomic mass is 10.7. The predicted molar refractivity (Wildman–Crippen MR) is 43.0 cm³/mol. The first-order valence-electron chi connectivity index (χ1n) is 3.24. The highest BCUT2D eigenvalue weighted by Crippen LogP contribution is 1.96. The number of nitrogens with two attached hydrogens (primary N) is 1. The van der Waals surface area contributed by atoms with Crippen LogP contribution in [0.1, 0.15) is 6.92 Å². The second-order valence-corrected chi connectivity index (χ2v) is 3.02. The van der Waals surface area contributed by atoms with Gasteiger partial charge >= 0.3 is 5.97 Å². The van der Waals surface area contributed by atoms with E-state index in [-0.39, 0.29) is 12.5 Å². The summed E-state index contributed by atoms with van der Waals surface area (Å²) in [6.07, 6.45) is 0. The van der Waals surface area contributed by atoms with E-state index in [9.17, 15) is 4.79 Å². The number of thioether (sulfide) groups is 1. The molecule has 0 saturated heterocycles. The highest BCUT2D eigenvalue weighted by Gasteiger charge is 1.95. The van der Waals surface area contributed by atoms with E-state index < -0.39 is 0 Å². The molecule has 4 heteroatoms. The number of hydrogen-bond acceptors (Lipinski definition) is 4. The number of hydrogen-bond donors (Lipinski definition) is 1. The Morgan fingerprint density at radius 3 is 2.90 bits per heavy atom. The molecule has 2 N–H and O–H groups in total. The van der Waals surface area contributed by atoms with Crippen molar-refractivity contribution in [2.24, 2.45) is 5.73 Å². The van der Waals surface area contributed by atoms with Crippen LogP contribution in [0.25, 0.3) is 0 Å². The molecule has 0 aliphatic rings. The van der Waals surface area contributed by atoms with E-state index in [2.05, 4.69) is 6.92 Å². The van der Waals surface area contributed by atoms with Gasteiger partial charge in [0, 0.05) is 5.75 Å². The van der Waals surface area contributed by atoms with Crippen LogP contribution in [0.5, 0.6) is 0 Å². The fourth-order valence-corrected chi connectivity index (χ4v) is 0.908. The van der Waals surface area contributed by atoms with Crippen LogP contribution in [0.3, 0.4) is 0 Å². The van der Waals surface area contributed by atoms with Gasteiger partial charge in [-0.05, 0) is 5.75 Å². The molecule has 0 radical (unpaired) electrons. The molecule has 0 heterocycles. The molecule has 10 heavy (non-hydrogen) atoms. The van der Waals surface area contributed by atoms with E-state index in [1.165, 1.54) is 0 Å². The molecule has 0 amide bonds. The molecule has 0 aromatic heterocycles. The average Bonchev–Trinajstić information content (AvgIpc) is 1.98. The molecule has 0 spiro atoms. The van der Waals surface area contributed by atoms with Crippen LogP contribution < -0.4 is 5.73 Å². The number of rotatable bonds is 5. The van der Waals surface area contributed by atoms with E-state index in [4.69, 9.17) is 10.5 Å². The lowest BCUT2D eigenvalue weighted by Gasteiger charge is -2.00. The second kappa shape index (κ2) is 6.89. The third-order valence-corrected chi connectivity index (χ3v) is 1.73. The second-order valence-electron chi connectivity index (χ2n) is 1.62. The molecule has 3 nitrogen and oxygen atoms in total. The zero-order valence-corrected chi connectivity index (χ0v) is 6.95. The summed E-state index contributed by atoms with van der Waals surface area (Å²) in [5.41, 5.74) is 5.01. The van der Waals surface area contributed by atoms with Gasteiger partial charge in [0.2, 0.25) is 0 Å². The van der Waals surface area contributed by atoms with Crippen LogP contribution in [0, 0.1) is 0 Å². The van der Waals surface area contributed by atoms with Gasteiger partial charge in [-0.3, -0.25) is 4.79 Å². The number of carbonyl (C=O) groups is 1. The Morgan fingerprint density at radius 1 is 1.70 bits per heavy atom. The summed E-state index contributed by atoms with van der Waals surface area (Å²) in [6.45, 7) is 2.53. The van der Waals surface area contributed by atoms with Crippen LogP contribution in [0.2, 0.25) is 0 Å². The molecular weight excluding hydrogens is 150 g/mol. The van der Waals surface area contributed by atoms with Crippen molar-refractivity contribution in [3.8, 4) is 0 Å². The van der Waals surface area contributed by atoms with Gasteiger partial charge in [0.05, 0.1) is 6.54 Å². The molecule has 0 unspecified atom stereocenters. The molecule has 0 aromatic rings. The fourth-order valence-electron chi connectivity index (χ4n) is 0.418. The van der Waals surface area contributed by atoms with Gasteiger partial charge < -0.3 is 10.5 Å². The highest BCUT2D eigenvalue weighted by molar-refractivity contribution is 7.99. The molecule has 0 fully saturated rings. The van der Waals surface area contributed by atoms with E-state index in [0.29, 0.717) is 6.61 Å². The summed E-state index contributed by atoms with van der Waals surface area (Å²) in [7, 11) is 0. The van der Waals surface area contributed by atoms with Crippen LogP contribution in [-0.4, -0.2) is 30.6 Å². The molecule has 0 aliphatic heterocycles. The summed E-state index contributed by atoms with van der Waals surface area (Å²) >= 11 is 1.74. The minimum Gasteiger partial charge on any atom is -0.464 e. The summed E-state index contributed by atoms with van der Waals surface area (Å²) in [6, 6.07) is 0. The molecule has 0 saturated carbocycles. The van der Waals surface area contributed by atoms with Crippen LogP contribution in [-0.2, 0) is 9.53 Å². The van der Waals surface area contributed by atoms with Crippen LogP contribution >= 0.6 is 11.8 Å². The summed E-state index contributed by atoms with van der Waals surface area (Å²) < 4.78 is 4.71. The smallest absolute Gasteiger partial charge is 0.319 e. The minimum atomic E-state index is -0.322. The van der Waals surface area contributed by atoms with E-state index in [0.717, 1.165) is 11.5 Å². The molecule has 60 valence electrons. The number of ether oxygens (including phenoxy) is 1. The Kier molecular flexibility index (Phi) is 6.74. The summed E-state index contributed by atoms with van der Waals surface area (Å²) in [4.78, 5) is 10.4. The van der Waals surface area contributed by atoms with Crippen molar-refractivity contribution < 1.29 is 9.53 Å². The fraction of sp³-hybridized carbons (Fsp3) is 0.833. The number of esters is 1. The van der Waals surface area contributed by atoms with Crippen molar-refractivity contribution in [2.45, 2.75) is 6.92 Å². The topological polar surface area (TPSA) is 52.3 Å². The largest absolute Gasteiger partial charge is 0.464 e. The summed E-state index contributed by atoms with van der Waals surface area (Å²) in [5, 5.41) is 0. The molecule has 0 atom stereocenters. The maximum Gasteiger partial charge on any atom is 0.319 e. The third kappa shape index (κ3) is 5.91. The Hall–Kier alpha value is -0.220. The Balaban J connectivity index is 2.96. The van der Waals surface area contributed by atoms with Crippen LogP contribution in [0.15, 0.2) is 0 Å². The Bertz CT molecular complexity index is 97.7. The van der Waals surface area contributed by atoms with Gasteiger partial charge in [0.25, 0.3) is 0 Å². The van der Waals surface area contributed by atoms with E-state index >= 15 is 0 Å². The van der Waals surface area contributed by atoms with Gasteiger partial charge in [-0.1, -0.05) is 6.92 Å². The van der Waals surface area contributed by atoms with Gasteiger partial charge in [0.15, 0.2) is 0 Å². The molecular formula is C6H13NO2S. The van der Waals surface area contributed by atoms with Gasteiger partial charge in [-0.25, -0.2) is 0 Å². The van der Waals surface area contributed by atoms with Crippen molar-refractivity contribution in [3.05, 3.63) is 0 Å². The maximum atomic E-state index is 10.4. The molecule has 0 rings (SSSR count). The molecule has 0 aliphatic carbocycles. The van der Waals surface area contributed by atoms with Gasteiger partial charge in [0.1, 0.15) is 6.61 Å². The van der Waals surface area contributed by atoms with Crippen molar-refractivity contribution in [2.75, 3.05) is 24.7 Å². The zero-order chi connectivity index (χ0) is 7.82. The van der Waals surface area contributed by atoms with Gasteiger partial charge in [-0.2, -0.15) is 11.8 Å². The van der Waals surface area contributed by atoms with Crippen molar-refractivity contribution in [1.82, 2.24) is 0 Å². The third-order valence-electron chi connectivity index (χ3n) is 0.862. The molecule has 0 bridgehead atoms. The van der Waals surface area contributed by atoms with E-state index in [1.54, 1.807) is 11.8 Å². The standard InChI is InChI=1S/C6H13NO2S/c1-2-10-4-3-9-6(8)5-7/h2-5,7H2,1H3. The normalized spacial score (nSPS) is 9.40. The van der Waals surface area contributed by atoms with Crippen molar-refractivity contribution >= 4 is 17.7 Å². The van der Waals surface area contributed by atoms with Gasteiger partial charge in [-0.15, -0.1) is 0 Å². The first-order chi connectivity index (χ1) is 4.81. The first kappa shape index (κ1) is 9.78. The predicted octanol–water partition coefficient (Wildman–Crippen LogP) is 0.241. The monoisotopic (exact) mass is 163 g/mol. The summed E-state index contributed by atoms with van der Waals surface area (Å²) in [5.74, 6) is 1.60. The Morgan fingerprint density at radius 2 is 2.40 bits per heavy atom. The van der Waals surface area contributed by atoms with Crippen molar-refractivity contribution in [3.63, 3.8) is 0 Å². The molecule has 0 aromatic carbocycles. The average molecular weight is 163 g/mol. The minimum absolute atomic E-state index is 0.0171.